The Kier molecular flexibility index (Phi) is 7.61. The standard InChI is InChI=1S/C23H32N4O2/c1-17(2)22(23(29)25-11-14-27-12-9-24-10-13-27)26-21(28)16-18-7-8-19-5-3-4-6-20(19)15-18/h3-8,15,17,22,24H,9-14,16H2,1-2H3,(H,25,29)(H,26,28). The summed E-state index contributed by atoms with van der Waals surface area (Å²) in [5.41, 5.74) is 0.947. The Hall–Kier alpha value is -2.44. The van der Waals surface area contributed by atoms with Crippen LogP contribution in [0, 0.1) is 5.92 Å². The van der Waals surface area contributed by atoms with E-state index in [-0.39, 0.29) is 24.2 Å². The van der Waals surface area contributed by atoms with Crippen molar-refractivity contribution in [3.8, 4) is 0 Å². The van der Waals surface area contributed by atoms with Gasteiger partial charge in [-0.3, -0.25) is 14.5 Å². The molecule has 1 saturated heterocycles. The first-order valence-corrected chi connectivity index (χ1v) is 10.5. The number of nitrogens with zero attached hydrogens (tertiary/aromatic N) is 1. The summed E-state index contributed by atoms with van der Waals surface area (Å²) in [6.07, 6.45) is 0.266. The molecule has 3 rings (SSSR count). The number of amides is 2. The van der Waals surface area contributed by atoms with Crippen molar-refractivity contribution in [2.45, 2.75) is 26.3 Å². The molecule has 2 amide bonds. The number of carbonyl (C=O) groups excluding carboxylic acids is 2. The molecule has 1 unspecified atom stereocenters. The maximum atomic E-state index is 12.6. The van der Waals surface area contributed by atoms with Crippen molar-refractivity contribution in [1.82, 2.24) is 20.9 Å². The highest BCUT2D eigenvalue weighted by Gasteiger charge is 2.24. The van der Waals surface area contributed by atoms with Crippen LogP contribution in [0.1, 0.15) is 19.4 Å². The summed E-state index contributed by atoms with van der Waals surface area (Å²) in [5.74, 6) is -0.215. The third-order valence-electron chi connectivity index (χ3n) is 5.38. The molecule has 0 aliphatic carbocycles. The Balaban J connectivity index is 1.51. The van der Waals surface area contributed by atoms with Crippen LogP contribution >= 0.6 is 0 Å². The summed E-state index contributed by atoms with van der Waals surface area (Å²) in [6.45, 7) is 9.35. The third-order valence-corrected chi connectivity index (χ3v) is 5.38. The van der Waals surface area contributed by atoms with Crippen molar-refractivity contribution in [3.63, 3.8) is 0 Å². The van der Waals surface area contributed by atoms with Crippen molar-refractivity contribution in [3.05, 3.63) is 48.0 Å². The van der Waals surface area contributed by atoms with Gasteiger partial charge in [0.25, 0.3) is 0 Å². The van der Waals surface area contributed by atoms with Crippen LogP contribution in [0.15, 0.2) is 42.5 Å². The average molecular weight is 397 g/mol. The van der Waals surface area contributed by atoms with Crippen LogP contribution in [-0.2, 0) is 16.0 Å². The summed E-state index contributed by atoms with van der Waals surface area (Å²) < 4.78 is 0. The van der Waals surface area contributed by atoms with Gasteiger partial charge < -0.3 is 16.0 Å². The molecule has 0 bridgehead atoms. The van der Waals surface area contributed by atoms with E-state index in [9.17, 15) is 9.59 Å². The molecule has 2 aromatic carbocycles. The molecule has 1 aliphatic heterocycles. The number of rotatable bonds is 8. The molecule has 0 radical (unpaired) electrons. The smallest absolute Gasteiger partial charge is 0.242 e. The highest BCUT2D eigenvalue weighted by Crippen LogP contribution is 2.16. The number of hydrogen-bond acceptors (Lipinski definition) is 4. The van der Waals surface area contributed by atoms with Crippen LogP contribution in [0.4, 0.5) is 0 Å². The molecule has 0 aromatic heterocycles. The Labute approximate surface area is 173 Å². The van der Waals surface area contributed by atoms with Gasteiger partial charge in [-0.2, -0.15) is 0 Å². The van der Waals surface area contributed by atoms with Crippen LogP contribution in [0.2, 0.25) is 0 Å². The minimum absolute atomic E-state index is 0.0229. The predicted octanol–water partition coefficient (Wildman–Crippen LogP) is 1.54. The van der Waals surface area contributed by atoms with Gasteiger partial charge in [0.05, 0.1) is 6.42 Å². The molecule has 6 nitrogen and oxygen atoms in total. The summed E-state index contributed by atoms with van der Waals surface area (Å²) in [5, 5.41) is 11.5. The van der Waals surface area contributed by atoms with Crippen LogP contribution in [0.25, 0.3) is 10.8 Å². The van der Waals surface area contributed by atoms with Crippen molar-refractivity contribution in [2.75, 3.05) is 39.3 Å². The summed E-state index contributed by atoms with van der Waals surface area (Å²) in [6, 6.07) is 13.6. The van der Waals surface area contributed by atoms with Gasteiger partial charge in [-0.25, -0.2) is 0 Å². The van der Waals surface area contributed by atoms with Gasteiger partial charge in [0.1, 0.15) is 6.04 Å². The van der Waals surface area contributed by atoms with Crippen molar-refractivity contribution in [2.24, 2.45) is 5.92 Å². The maximum Gasteiger partial charge on any atom is 0.242 e. The van der Waals surface area contributed by atoms with Crippen LogP contribution in [-0.4, -0.2) is 62.0 Å². The lowest BCUT2D eigenvalue weighted by Crippen LogP contribution is -2.52. The van der Waals surface area contributed by atoms with E-state index >= 15 is 0 Å². The van der Waals surface area contributed by atoms with Gasteiger partial charge in [0.2, 0.25) is 11.8 Å². The first-order valence-electron chi connectivity index (χ1n) is 10.5. The number of piperazine rings is 1. The van der Waals surface area contributed by atoms with E-state index in [0.717, 1.165) is 49.1 Å². The van der Waals surface area contributed by atoms with Gasteiger partial charge in [0.15, 0.2) is 0 Å². The number of fused-ring (bicyclic) bond motifs is 1. The molecular formula is C23H32N4O2. The molecule has 1 atom stereocenters. The number of carbonyl (C=O) groups is 2. The molecule has 1 heterocycles. The molecule has 0 saturated carbocycles. The highest BCUT2D eigenvalue weighted by atomic mass is 16.2. The summed E-state index contributed by atoms with van der Waals surface area (Å²) in [4.78, 5) is 27.5. The van der Waals surface area contributed by atoms with Gasteiger partial charge in [-0.05, 0) is 22.3 Å². The Morgan fingerprint density at radius 1 is 1.07 bits per heavy atom. The summed E-state index contributed by atoms with van der Waals surface area (Å²) in [7, 11) is 0. The highest BCUT2D eigenvalue weighted by molar-refractivity contribution is 5.89. The molecule has 1 fully saturated rings. The second-order valence-electron chi connectivity index (χ2n) is 8.03. The number of benzene rings is 2. The lowest BCUT2D eigenvalue weighted by Gasteiger charge is -2.28. The zero-order valence-corrected chi connectivity index (χ0v) is 17.4. The lowest BCUT2D eigenvalue weighted by molar-refractivity contribution is -0.129. The predicted molar refractivity (Wildman–Crippen MR) is 117 cm³/mol. The fourth-order valence-corrected chi connectivity index (χ4v) is 3.68. The number of nitrogens with one attached hydrogen (secondary N) is 3. The SMILES string of the molecule is CC(C)C(NC(=O)Cc1ccc2ccccc2c1)C(=O)NCCN1CCNCC1. The average Bonchev–Trinajstić information content (AvgIpc) is 2.72. The van der Waals surface area contributed by atoms with Crippen LogP contribution in [0.3, 0.4) is 0 Å². The quantitative estimate of drug-likeness (QED) is 0.633. The Bertz CT molecular complexity index is 830. The Morgan fingerprint density at radius 2 is 1.79 bits per heavy atom. The van der Waals surface area contributed by atoms with E-state index in [4.69, 9.17) is 0 Å². The van der Waals surface area contributed by atoms with E-state index in [1.165, 1.54) is 0 Å². The van der Waals surface area contributed by atoms with Gasteiger partial charge >= 0.3 is 0 Å². The first-order chi connectivity index (χ1) is 14.0. The second-order valence-corrected chi connectivity index (χ2v) is 8.03. The van der Waals surface area contributed by atoms with E-state index < -0.39 is 6.04 Å². The zero-order valence-electron chi connectivity index (χ0n) is 17.4. The van der Waals surface area contributed by atoms with Crippen molar-refractivity contribution in [1.29, 1.82) is 0 Å². The molecule has 3 N–H and O–H groups in total. The van der Waals surface area contributed by atoms with E-state index in [0.29, 0.717) is 6.54 Å². The van der Waals surface area contributed by atoms with Gasteiger partial charge in [-0.15, -0.1) is 0 Å². The monoisotopic (exact) mass is 396 g/mol. The fourth-order valence-electron chi connectivity index (χ4n) is 3.68. The lowest BCUT2D eigenvalue weighted by atomic mass is 10.0. The molecular weight excluding hydrogens is 364 g/mol. The largest absolute Gasteiger partial charge is 0.353 e. The topological polar surface area (TPSA) is 73.5 Å². The fraction of sp³-hybridized carbons (Fsp3) is 0.478. The maximum absolute atomic E-state index is 12.6. The zero-order chi connectivity index (χ0) is 20.6. The Morgan fingerprint density at radius 3 is 2.52 bits per heavy atom. The summed E-state index contributed by atoms with van der Waals surface area (Å²) >= 11 is 0. The van der Waals surface area contributed by atoms with E-state index in [1.54, 1.807) is 0 Å². The normalized spacial score (nSPS) is 16.0. The van der Waals surface area contributed by atoms with Gasteiger partial charge in [-0.1, -0.05) is 56.3 Å². The molecule has 2 aromatic rings. The third kappa shape index (κ3) is 6.27. The van der Waals surface area contributed by atoms with Crippen LogP contribution in [0.5, 0.6) is 0 Å². The van der Waals surface area contributed by atoms with Crippen molar-refractivity contribution < 1.29 is 9.59 Å². The number of hydrogen-bond donors (Lipinski definition) is 3. The van der Waals surface area contributed by atoms with Crippen LogP contribution < -0.4 is 16.0 Å². The molecule has 156 valence electrons. The minimum Gasteiger partial charge on any atom is -0.353 e. The van der Waals surface area contributed by atoms with E-state index in [2.05, 4.69) is 26.9 Å². The molecule has 29 heavy (non-hydrogen) atoms. The molecule has 1 aliphatic rings. The van der Waals surface area contributed by atoms with E-state index in [1.807, 2.05) is 50.2 Å². The van der Waals surface area contributed by atoms with Gasteiger partial charge in [0, 0.05) is 39.3 Å². The molecule has 6 heteroatoms. The minimum atomic E-state index is -0.522. The van der Waals surface area contributed by atoms with Crippen molar-refractivity contribution >= 4 is 22.6 Å². The second kappa shape index (κ2) is 10.4. The first kappa shape index (κ1) is 21.3. The molecule has 0 spiro atoms.